The number of methoxy groups -OCH3 is 1. The fourth-order valence-electron chi connectivity index (χ4n) is 3.46. The van der Waals surface area contributed by atoms with Crippen LogP contribution < -0.4 is 9.46 Å². The van der Waals surface area contributed by atoms with Gasteiger partial charge in [-0.15, -0.1) is 0 Å². The molecule has 2 aliphatic heterocycles. The Kier molecular flexibility index (Phi) is 6.55. The summed E-state index contributed by atoms with van der Waals surface area (Å²) >= 11 is 8.08. The zero-order chi connectivity index (χ0) is 17.9. The van der Waals surface area contributed by atoms with E-state index in [0.717, 1.165) is 32.0 Å². The summed E-state index contributed by atoms with van der Waals surface area (Å²) in [6.07, 6.45) is 3.39. The average molecular weight is 405 g/mol. The van der Waals surface area contributed by atoms with Gasteiger partial charge in [0.05, 0.1) is 17.0 Å². The summed E-state index contributed by atoms with van der Waals surface area (Å²) in [6.45, 7) is 2.64. The molecule has 2 saturated heterocycles. The van der Waals surface area contributed by atoms with E-state index in [4.69, 9.17) is 16.3 Å². The van der Waals surface area contributed by atoms with E-state index < -0.39 is 10.0 Å². The molecular formula is C17H25ClN2O3S2. The van der Waals surface area contributed by atoms with Crippen molar-refractivity contribution >= 4 is 33.4 Å². The predicted molar refractivity (Wildman–Crippen MR) is 103 cm³/mol. The lowest BCUT2D eigenvalue weighted by Crippen LogP contribution is -2.43. The molecular weight excluding hydrogens is 380 g/mol. The van der Waals surface area contributed by atoms with E-state index in [9.17, 15) is 8.42 Å². The fraction of sp³-hybridized carbons (Fsp3) is 0.647. The van der Waals surface area contributed by atoms with E-state index in [-0.39, 0.29) is 4.90 Å². The molecule has 1 aromatic rings. The number of nitrogens with zero attached hydrogens (tertiary/aromatic N) is 1. The summed E-state index contributed by atoms with van der Waals surface area (Å²) < 4.78 is 32.8. The van der Waals surface area contributed by atoms with Gasteiger partial charge < -0.3 is 4.74 Å². The molecule has 25 heavy (non-hydrogen) atoms. The molecule has 0 radical (unpaired) electrons. The predicted octanol–water partition coefficient (Wildman–Crippen LogP) is 2.84. The van der Waals surface area contributed by atoms with Gasteiger partial charge in [0.25, 0.3) is 0 Å². The number of benzene rings is 1. The van der Waals surface area contributed by atoms with Crippen LogP contribution in [0.4, 0.5) is 0 Å². The highest BCUT2D eigenvalue weighted by Crippen LogP contribution is 2.28. The largest absolute Gasteiger partial charge is 0.495 e. The molecule has 0 saturated carbocycles. The summed E-state index contributed by atoms with van der Waals surface area (Å²) in [5, 5.41) is 0.299. The number of hydrogen-bond acceptors (Lipinski definition) is 5. The van der Waals surface area contributed by atoms with Crippen LogP contribution in [0, 0.1) is 5.92 Å². The average Bonchev–Trinajstić information content (AvgIpc) is 3.15. The maximum atomic E-state index is 12.5. The fourth-order valence-corrected chi connectivity index (χ4v) is 6.18. The molecule has 0 aromatic heterocycles. The maximum Gasteiger partial charge on any atom is 0.240 e. The van der Waals surface area contributed by atoms with Crippen molar-refractivity contribution in [2.75, 3.05) is 38.2 Å². The Balaban J connectivity index is 1.52. The molecule has 0 bridgehead atoms. The van der Waals surface area contributed by atoms with Crippen LogP contribution in [0.15, 0.2) is 23.1 Å². The number of hydrogen-bond donors (Lipinski definition) is 1. The summed E-state index contributed by atoms with van der Waals surface area (Å²) in [5.74, 6) is 3.39. The van der Waals surface area contributed by atoms with Gasteiger partial charge in [-0.2, -0.15) is 11.8 Å². The Morgan fingerprint density at radius 1 is 1.32 bits per heavy atom. The van der Waals surface area contributed by atoms with E-state index in [1.807, 2.05) is 11.8 Å². The first-order valence-electron chi connectivity index (χ1n) is 8.64. The van der Waals surface area contributed by atoms with Gasteiger partial charge in [0.15, 0.2) is 0 Å². The molecule has 2 heterocycles. The minimum atomic E-state index is -3.54. The molecule has 1 aromatic carbocycles. The van der Waals surface area contributed by atoms with Crippen molar-refractivity contribution in [2.24, 2.45) is 5.92 Å². The Hall–Kier alpha value is -0.470. The van der Waals surface area contributed by atoms with Crippen LogP contribution in [0.1, 0.15) is 19.3 Å². The third kappa shape index (κ3) is 4.83. The molecule has 0 aliphatic carbocycles. The van der Waals surface area contributed by atoms with Crippen molar-refractivity contribution in [3.05, 3.63) is 23.2 Å². The minimum Gasteiger partial charge on any atom is -0.495 e. The Morgan fingerprint density at radius 2 is 2.08 bits per heavy atom. The van der Waals surface area contributed by atoms with Gasteiger partial charge in [0.1, 0.15) is 5.75 Å². The molecule has 0 amide bonds. The van der Waals surface area contributed by atoms with Crippen molar-refractivity contribution in [3.63, 3.8) is 0 Å². The Morgan fingerprint density at radius 3 is 2.68 bits per heavy atom. The van der Waals surface area contributed by atoms with Gasteiger partial charge in [-0.25, -0.2) is 13.1 Å². The quantitative estimate of drug-likeness (QED) is 0.790. The summed E-state index contributed by atoms with van der Waals surface area (Å²) in [6, 6.07) is 5.26. The topological polar surface area (TPSA) is 58.6 Å². The van der Waals surface area contributed by atoms with E-state index >= 15 is 0 Å². The van der Waals surface area contributed by atoms with Gasteiger partial charge >= 0.3 is 0 Å². The maximum absolute atomic E-state index is 12.5. The second-order valence-electron chi connectivity index (χ2n) is 6.65. The Bertz CT molecular complexity index is 685. The highest BCUT2D eigenvalue weighted by Gasteiger charge is 2.28. The van der Waals surface area contributed by atoms with Crippen LogP contribution in [0.3, 0.4) is 0 Å². The second kappa shape index (κ2) is 8.48. The number of thioether (sulfide) groups is 1. The molecule has 5 nitrogen and oxygen atoms in total. The first-order chi connectivity index (χ1) is 12.0. The zero-order valence-corrected chi connectivity index (χ0v) is 16.8. The summed E-state index contributed by atoms with van der Waals surface area (Å²) in [4.78, 5) is 2.76. The van der Waals surface area contributed by atoms with Crippen molar-refractivity contribution in [1.82, 2.24) is 9.62 Å². The molecule has 2 aliphatic rings. The number of ether oxygens (including phenoxy) is 1. The number of nitrogens with one attached hydrogen (secondary N) is 1. The number of sulfonamides is 1. The Labute approximate surface area is 159 Å². The normalized spacial score (nSPS) is 23.0. The van der Waals surface area contributed by atoms with Gasteiger partial charge in [0.2, 0.25) is 10.0 Å². The summed E-state index contributed by atoms with van der Waals surface area (Å²) in [5.41, 5.74) is 0. The van der Waals surface area contributed by atoms with Crippen LogP contribution in [0.2, 0.25) is 5.02 Å². The molecule has 8 heteroatoms. The lowest BCUT2D eigenvalue weighted by Gasteiger charge is -2.35. The monoisotopic (exact) mass is 404 g/mol. The van der Waals surface area contributed by atoms with Crippen molar-refractivity contribution < 1.29 is 13.2 Å². The number of likely N-dealkylation sites (tertiary alicyclic amines) is 1. The lowest BCUT2D eigenvalue weighted by atomic mass is 9.96. The second-order valence-corrected chi connectivity index (χ2v) is 9.97. The van der Waals surface area contributed by atoms with Crippen LogP contribution >= 0.6 is 23.4 Å². The number of piperidine rings is 1. The van der Waals surface area contributed by atoms with Crippen LogP contribution in [-0.2, 0) is 10.0 Å². The molecule has 1 atom stereocenters. The molecule has 2 fully saturated rings. The van der Waals surface area contributed by atoms with Gasteiger partial charge in [-0.05, 0) is 62.2 Å². The summed E-state index contributed by atoms with van der Waals surface area (Å²) in [7, 11) is -2.04. The SMILES string of the molecule is COc1ccc(S(=O)(=O)NCC2CCN([C@H]3CCSC3)CC2)cc1Cl. The lowest BCUT2D eigenvalue weighted by molar-refractivity contribution is 0.145. The molecule has 140 valence electrons. The molecule has 0 spiro atoms. The van der Waals surface area contributed by atoms with Crippen LogP contribution in [0.5, 0.6) is 5.75 Å². The third-order valence-electron chi connectivity index (χ3n) is 5.07. The highest BCUT2D eigenvalue weighted by atomic mass is 35.5. The van der Waals surface area contributed by atoms with Crippen molar-refractivity contribution in [1.29, 1.82) is 0 Å². The number of rotatable bonds is 6. The first-order valence-corrected chi connectivity index (χ1v) is 11.7. The van der Waals surface area contributed by atoms with E-state index in [2.05, 4.69) is 9.62 Å². The number of halogens is 1. The van der Waals surface area contributed by atoms with Crippen molar-refractivity contribution in [3.8, 4) is 5.75 Å². The zero-order valence-electron chi connectivity index (χ0n) is 14.4. The van der Waals surface area contributed by atoms with Gasteiger partial charge in [-0.1, -0.05) is 11.6 Å². The first kappa shape index (κ1) is 19.3. The van der Waals surface area contributed by atoms with E-state index in [1.165, 1.54) is 37.2 Å². The minimum absolute atomic E-state index is 0.179. The van der Waals surface area contributed by atoms with Crippen LogP contribution in [0.25, 0.3) is 0 Å². The highest BCUT2D eigenvalue weighted by molar-refractivity contribution is 7.99. The molecule has 3 rings (SSSR count). The smallest absolute Gasteiger partial charge is 0.240 e. The van der Waals surface area contributed by atoms with E-state index in [0.29, 0.717) is 23.2 Å². The van der Waals surface area contributed by atoms with Gasteiger partial charge in [-0.3, -0.25) is 4.90 Å². The van der Waals surface area contributed by atoms with Crippen molar-refractivity contribution in [2.45, 2.75) is 30.2 Å². The van der Waals surface area contributed by atoms with E-state index in [1.54, 1.807) is 6.07 Å². The molecule has 0 unspecified atom stereocenters. The standard InChI is InChI=1S/C17H25ClN2O3S2/c1-23-17-3-2-15(10-16(17)18)25(21,22)19-11-13-4-7-20(8-5-13)14-6-9-24-12-14/h2-3,10,13-14,19H,4-9,11-12H2,1H3/t14-/m0/s1. The molecule has 1 N–H and O–H groups in total. The van der Waals surface area contributed by atoms with Gasteiger partial charge in [0, 0.05) is 18.3 Å². The third-order valence-corrected chi connectivity index (χ3v) is 7.93. The van der Waals surface area contributed by atoms with Crippen LogP contribution in [-0.4, -0.2) is 57.6 Å².